The van der Waals surface area contributed by atoms with Gasteiger partial charge in [-0.1, -0.05) is 36.4 Å². The second-order valence-corrected chi connectivity index (χ2v) is 11.9. The van der Waals surface area contributed by atoms with Crippen molar-refractivity contribution in [2.45, 2.75) is 32.3 Å². The minimum Gasteiger partial charge on any atom is -0.444 e. The van der Waals surface area contributed by atoms with Gasteiger partial charge in [0.1, 0.15) is 5.60 Å². The smallest absolute Gasteiger partial charge is 0.412 e. The molecule has 4 rings (SSSR count). The first-order chi connectivity index (χ1) is 20.0. The minimum atomic E-state index is -0.672. The van der Waals surface area contributed by atoms with Gasteiger partial charge < -0.3 is 20.3 Å². The van der Waals surface area contributed by atoms with E-state index in [0.29, 0.717) is 23.5 Å². The van der Waals surface area contributed by atoms with Crippen LogP contribution in [0.25, 0.3) is 11.1 Å². The second kappa shape index (κ2) is 13.5. The van der Waals surface area contributed by atoms with Crippen LogP contribution in [-0.4, -0.2) is 49.0 Å². The Morgan fingerprint density at radius 3 is 2.17 bits per heavy atom. The number of nitrogens with one attached hydrogen (secondary N) is 3. The number of benzene rings is 3. The van der Waals surface area contributed by atoms with Crippen LogP contribution in [0, 0.1) is 0 Å². The maximum absolute atomic E-state index is 13.4. The highest BCUT2D eigenvalue weighted by Crippen LogP contribution is 2.31. The van der Waals surface area contributed by atoms with Crippen molar-refractivity contribution >= 4 is 46.3 Å². The van der Waals surface area contributed by atoms with E-state index in [2.05, 4.69) is 16.0 Å². The van der Waals surface area contributed by atoms with Crippen LogP contribution in [0.4, 0.5) is 21.9 Å². The average molecular weight is 585 g/mol. The van der Waals surface area contributed by atoms with E-state index in [9.17, 15) is 14.4 Å². The van der Waals surface area contributed by atoms with E-state index in [-0.39, 0.29) is 11.8 Å². The molecule has 8 nitrogen and oxygen atoms in total. The zero-order valence-electron chi connectivity index (χ0n) is 24.4. The number of ether oxygens (including phenoxy) is 1. The summed E-state index contributed by atoms with van der Waals surface area (Å²) >= 11 is 1.57. The number of rotatable bonds is 9. The van der Waals surface area contributed by atoms with Gasteiger partial charge in [-0.05, 0) is 105 Å². The van der Waals surface area contributed by atoms with Crippen molar-refractivity contribution in [3.63, 3.8) is 0 Å². The first kappa shape index (κ1) is 30.5. The summed E-state index contributed by atoms with van der Waals surface area (Å²) in [6.07, 6.45) is -0.619. The fraction of sp³-hybridized carbons (Fsp3) is 0.242. The Hall–Kier alpha value is -4.47. The van der Waals surface area contributed by atoms with Crippen molar-refractivity contribution in [2.24, 2.45) is 0 Å². The second-order valence-electron chi connectivity index (χ2n) is 11.1. The van der Waals surface area contributed by atoms with Crippen LogP contribution in [0.2, 0.25) is 0 Å². The van der Waals surface area contributed by atoms with Gasteiger partial charge in [-0.15, -0.1) is 0 Å². The molecule has 1 atom stereocenters. The molecule has 218 valence electrons. The molecule has 0 saturated heterocycles. The normalized spacial score (nSPS) is 12.0. The zero-order valence-corrected chi connectivity index (χ0v) is 25.2. The summed E-state index contributed by atoms with van der Waals surface area (Å²) in [6, 6.07) is 23.8. The van der Waals surface area contributed by atoms with Crippen LogP contribution in [-0.2, 0) is 9.53 Å². The van der Waals surface area contributed by atoms with Crippen LogP contribution in [0.3, 0.4) is 0 Å². The number of amides is 3. The predicted octanol–water partition coefficient (Wildman–Crippen LogP) is 7.30. The molecule has 0 aliphatic carbocycles. The van der Waals surface area contributed by atoms with Crippen LogP contribution < -0.4 is 16.0 Å². The zero-order chi connectivity index (χ0) is 30.3. The molecule has 3 aromatic carbocycles. The standard InChI is InChI=1S/C33H36N4O4S/c1-33(2,3)41-32(40)36-28-16-15-24(25-17-18-42-21-25)19-29(28)35-30(38)23-13-11-22(12-14-23)27(20-37(4)5)31(39)34-26-9-7-6-8-10-26/h6-19,21,27H,20H2,1-5H3,(H,34,39)(H,35,38)(H,36,40). The highest BCUT2D eigenvalue weighted by atomic mass is 32.1. The molecule has 1 heterocycles. The third-order valence-electron chi connectivity index (χ3n) is 6.24. The fourth-order valence-corrected chi connectivity index (χ4v) is 4.96. The molecule has 4 aromatic rings. The number of anilines is 3. The molecule has 42 heavy (non-hydrogen) atoms. The Morgan fingerprint density at radius 2 is 1.55 bits per heavy atom. The summed E-state index contributed by atoms with van der Waals surface area (Å²) < 4.78 is 5.41. The molecule has 3 amide bonds. The number of likely N-dealkylation sites (N-methyl/N-ethyl adjacent to an activating group) is 1. The molecule has 1 aromatic heterocycles. The first-order valence-electron chi connectivity index (χ1n) is 13.6. The van der Waals surface area contributed by atoms with Gasteiger partial charge in [0.25, 0.3) is 5.91 Å². The molecule has 3 N–H and O–H groups in total. The number of thiophene rings is 1. The summed E-state index contributed by atoms with van der Waals surface area (Å²) in [5, 5.41) is 12.7. The fourth-order valence-electron chi connectivity index (χ4n) is 4.30. The molecule has 0 fully saturated rings. The van der Waals surface area contributed by atoms with Gasteiger partial charge in [0.15, 0.2) is 0 Å². The molecule has 1 unspecified atom stereocenters. The lowest BCUT2D eigenvalue weighted by Crippen LogP contribution is -2.30. The van der Waals surface area contributed by atoms with Crippen molar-refractivity contribution in [3.8, 4) is 11.1 Å². The van der Waals surface area contributed by atoms with E-state index in [1.54, 1.807) is 62.4 Å². The predicted molar refractivity (Wildman–Crippen MR) is 170 cm³/mol. The third-order valence-corrected chi connectivity index (χ3v) is 6.92. The molecule has 0 saturated carbocycles. The minimum absolute atomic E-state index is 0.129. The van der Waals surface area contributed by atoms with Gasteiger partial charge in [0.05, 0.1) is 17.3 Å². The number of hydrogen-bond acceptors (Lipinski definition) is 6. The van der Waals surface area contributed by atoms with Gasteiger partial charge in [0.2, 0.25) is 5.91 Å². The number of para-hydroxylation sites is 1. The molecule has 0 aliphatic rings. The van der Waals surface area contributed by atoms with Crippen LogP contribution in [0.5, 0.6) is 0 Å². The highest BCUT2D eigenvalue weighted by molar-refractivity contribution is 7.08. The van der Waals surface area contributed by atoms with Crippen molar-refractivity contribution in [1.82, 2.24) is 4.90 Å². The van der Waals surface area contributed by atoms with Gasteiger partial charge in [0, 0.05) is 17.8 Å². The van der Waals surface area contributed by atoms with E-state index in [1.807, 2.05) is 78.3 Å². The topological polar surface area (TPSA) is 99.8 Å². The van der Waals surface area contributed by atoms with Crippen molar-refractivity contribution in [3.05, 3.63) is 101 Å². The first-order valence-corrected chi connectivity index (χ1v) is 14.5. The van der Waals surface area contributed by atoms with E-state index >= 15 is 0 Å². The molecule has 0 radical (unpaired) electrons. The Kier molecular flexibility index (Phi) is 9.77. The third kappa shape index (κ3) is 8.52. The molecule has 0 spiro atoms. The van der Waals surface area contributed by atoms with Crippen LogP contribution in [0.1, 0.15) is 42.6 Å². The summed E-state index contributed by atoms with van der Waals surface area (Å²) in [7, 11) is 3.83. The largest absolute Gasteiger partial charge is 0.444 e. The Bertz CT molecular complexity index is 1510. The lowest BCUT2D eigenvalue weighted by atomic mass is 9.96. The number of nitrogens with zero attached hydrogens (tertiary/aromatic N) is 1. The van der Waals surface area contributed by atoms with Crippen molar-refractivity contribution in [1.29, 1.82) is 0 Å². The molecule has 0 bridgehead atoms. The molecule has 0 aliphatic heterocycles. The molecule has 9 heteroatoms. The van der Waals surface area contributed by atoms with E-state index < -0.39 is 17.6 Å². The van der Waals surface area contributed by atoms with Gasteiger partial charge in [-0.3, -0.25) is 14.9 Å². The monoisotopic (exact) mass is 584 g/mol. The molecular formula is C33H36N4O4S. The van der Waals surface area contributed by atoms with Gasteiger partial charge >= 0.3 is 6.09 Å². The average Bonchev–Trinajstić information content (AvgIpc) is 3.47. The summed E-state index contributed by atoms with van der Waals surface area (Å²) in [5.41, 5.74) is 4.01. The van der Waals surface area contributed by atoms with E-state index in [1.165, 1.54) is 0 Å². The van der Waals surface area contributed by atoms with Crippen LogP contribution >= 0.6 is 11.3 Å². The Labute approximate surface area is 250 Å². The summed E-state index contributed by atoms with van der Waals surface area (Å²) in [5.74, 6) is -0.923. The lowest BCUT2D eigenvalue weighted by molar-refractivity contribution is -0.117. The van der Waals surface area contributed by atoms with Crippen LogP contribution in [0.15, 0.2) is 89.6 Å². The van der Waals surface area contributed by atoms with E-state index in [0.717, 1.165) is 22.4 Å². The highest BCUT2D eigenvalue weighted by Gasteiger charge is 2.23. The SMILES string of the molecule is CN(C)CC(C(=O)Nc1ccccc1)c1ccc(C(=O)Nc2cc(-c3ccsc3)ccc2NC(=O)OC(C)(C)C)cc1. The van der Waals surface area contributed by atoms with Gasteiger partial charge in [-0.2, -0.15) is 11.3 Å². The number of carbonyl (C=O) groups excluding carboxylic acids is 3. The van der Waals surface area contributed by atoms with E-state index in [4.69, 9.17) is 4.74 Å². The number of hydrogen-bond donors (Lipinski definition) is 3. The Balaban J connectivity index is 1.55. The summed E-state index contributed by atoms with van der Waals surface area (Å²) in [4.78, 5) is 41.0. The lowest BCUT2D eigenvalue weighted by Gasteiger charge is -2.21. The maximum Gasteiger partial charge on any atom is 0.412 e. The van der Waals surface area contributed by atoms with Crippen molar-refractivity contribution < 1.29 is 19.1 Å². The van der Waals surface area contributed by atoms with Crippen molar-refractivity contribution in [2.75, 3.05) is 36.6 Å². The summed E-state index contributed by atoms with van der Waals surface area (Å²) in [6.45, 7) is 5.85. The van der Waals surface area contributed by atoms with Gasteiger partial charge in [-0.25, -0.2) is 4.79 Å². The maximum atomic E-state index is 13.4. The quantitative estimate of drug-likeness (QED) is 0.192. The Morgan fingerprint density at radius 1 is 0.833 bits per heavy atom. The number of carbonyl (C=O) groups is 3. The molecular weight excluding hydrogens is 548 g/mol.